The number of carbonyl (C=O) groups is 1. The van der Waals surface area contributed by atoms with Crippen LogP contribution >= 0.6 is 0 Å². The Morgan fingerprint density at radius 3 is 2.81 bits per heavy atom. The second kappa shape index (κ2) is 6.43. The summed E-state index contributed by atoms with van der Waals surface area (Å²) < 4.78 is 0. The van der Waals surface area contributed by atoms with Crippen LogP contribution in [0.5, 0.6) is 0 Å². The molecule has 0 aliphatic heterocycles. The average Bonchev–Trinajstić information content (AvgIpc) is 2.44. The molecule has 0 atom stereocenters. The maximum absolute atomic E-state index is 12.2. The van der Waals surface area contributed by atoms with E-state index < -0.39 is 0 Å². The predicted octanol–water partition coefficient (Wildman–Crippen LogP) is 1.39. The second-order valence-corrected chi connectivity index (χ2v) is 6.54. The summed E-state index contributed by atoms with van der Waals surface area (Å²) in [5, 5.41) is 11.8. The van der Waals surface area contributed by atoms with Gasteiger partial charge in [-0.2, -0.15) is 0 Å². The molecule has 116 valence electrons. The van der Waals surface area contributed by atoms with Gasteiger partial charge in [0.25, 0.3) is 11.5 Å². The van der Waals surface area contributed by atoms with E-state index in [9.17, 15) is 9.59 Å². The summed E-state index contributed by atoms with van der Waals surface area (Å²) in [7, 11) is 0. The van der Waals surface area contributed by atoms with Crippen LogP contribution in [0.3, 0.4) is 0 Å². The molecular weight excluding hydrogens is 268 g/mol. The Hall–Kier alpha value is -1.62. The summed E-state index contributed by atoms with van der Waals surface area (Å²) in [6.07, 6.45) is 4.60. The molecule has 1 aliphatic rings. The molecule has 0 bridgehead atoms. The van der Waals surface area contributed by atoms with Gasteiger partial charge in [0, 0.05) is 18.8 Å². The number of aliphatic hydroxyl groups is 1. The number of hydrogen-bond acceptors (Lipinski definition) is 3. The fourth-order valence-corrected chi connectivity index (χ4v) is 2.65. The van der Waals surface area contributed by atoms with Gasteiger partial charge in [0.05, 0.1) is 0 Å². The number of fused-ring (bicyclic) bond motifs is 1. The Morgan fingerprint density at radius 1 is 1.38 bits per heavy atom. The van der Waals surface area contributed by atoms with E-state index in [2.05, 4.69) is 10.3 Å². The first-order valence-electron chi connectivity index (χ1n) is 7.57. The number of pyridine rings is 1. The van der Waals surface area contributed by atoms with Crippen LogP contribution in [0, 0.1) is 5.41 Å². The molecule has 5 heteroatoms. The van der Waals surface area contributed by atoms with Crippen LogP contribution in [0.1, 0.15) is 54.7 Å². The predicted molar refractivity (Wildman–Crippen MR) is 81.5 cm³/mol. The van der Waals surface area contributed by atoms with Gasteiger partial charge >= 0.3 is 0 Å². The molecule has 1 aliphatic carbocycles. The summed E-state index contributed by atoms with van der Waals surface area (Å²) in [6.45, 7) is 4.46. The van der Waals surface area contributed by atoms with E-state index in [0.717, 1.165) is 36.9 Å². The van der Waals surface area contributed by atoms with Crippen molar-refractivity contribution in [3.63, 3.8) is 0 Å². The van der Waals surface area contributed by atoms with Crippen LogP contribution in [-0.4, -0.2) is 29.1 Å². The lowest BCUT2D eigenvalue weighted by Gasteiger charge is -2.24. The van der Waals surface area contributed by atoms with Crippen molar-refractivity contribution in [2.45, 2.75) is 46.0 Å². The van der Waals surface area contributed by atoms with Gasteiger partial charge in [-0.1, -0.05) is 13.8 Å². The molecule has 0 aromatic carbocycles. The van der Waals surface area contributed by atoms with Crippen molar-refractivity contribution in [3.05, 3.63) is 33.2 Å². The van der Waals surface area contributed by atoms with Crippen molar-refractivity contribution >= 4 is 5.91 Å². The van der Waals surface area contributed by atoms with Crippen LogP contribution in [0.25, 0.3) is 0 Å². The summed E-state index contributed by atoms with van der Waals surface area (Å²) in [6, 6.07) is 1.74. The van der Waals surface area contributed by atoms with Gasteiger partial charge in [-0.3, -0.25) is 9.59 Å². The van der Waals surface area contributed by atoms with E-state index in [1.54, 1.807) is 6.07 Å². The number of H-pyrrole nitrogens is 1. The van der Waals surface area contributed by atoms with E-state index in [4.69, 9.17) is 5.11 Å². The number of aryl methyl sites for hydroxylation is 2. The number of hydrogen-bond donors (Lipinski definition) is 3. The molecule has 1 heterocycles. The van der Waals surface area contributed by atoms with Crippen LogP contribution in [0.2, 0.25) is 0 Å². The van der Waals surface area contributed by atoms with Crippen molar-refractivity contribution < 1.29 is 9.90 Å². The Labute approximate surface area is 124 Å². The van der Waals surface area contributed by atoms with Crippen molar-refractivity contribution in [2.24, 2.45) is 5.41 Å². The van der Waals surface area contributed by atoms with E-state index in [1.165, 1.54) is 0 Å². The van der Waals surface area contributed by atoms with Gasteiger partial charge in [0.1, 0.15) is 5.56 Å². The molecule has 5 nitrogen and oxygen atoms in total. The molecule has 21 heavy (non-hydrogen) atoms. The zero-order valence-corrected chi connectivity index (χ0v) is 12.8. The minimum absolute atomic E-state index is 0.0856. The molecular formula is C16H24N2O3. The highest BCUT2D eigenvalue weighted by Crippen LogP contribution is 2.20. The first kappa shape index (κ1) is 15.8. The fraction of sp³-hybridized carbons (Fsp3) is 0.625. The standard InChI is InChI=1S/C16H24N2O3/c1-16(2,7-8-19)10-17-14(20)12-9-11-5-3-4-6-13(11)18-15(12)21/h9,19H,3-8,10H2,1-2H3,(H,17,20)(H,18,21). The molecule has 1 aromatic rings. The van der Waals surface area contributed by atoms with Gasteiger partial charge in [-0.25, -0.2) is 0 Å². The lowest BCUT2D eigenvalue weighted by molar-refractivity contribution is 0.0926. The van der Waals surface area contributed by atoms with Gasteiger partial charge in [0.15, 0.2) is 0 Å². The maximum Gasteiger partial charge on any atom is 0.261 e. The van der Waals surface area contributed by atoms with E-state index >= 15 is 0 Å². The molecule has 1 amide bonds. The van der Waals surface area contributed by atoms with Crippen LogP contribution < -0.4 is 10.9 Å². The second-order valence-electron chi connectivity index (χ2n) is 6.54. The molecule has 1 aromatic heterocycles. The molecule has 0 saturated heterocycles. The molecule has 3 N–H and O–H groups in total. The van der Waals surface area contributed by atoms with Gasteiger partial charge in [0.2, 0.25) is 0 Å². The van der Waals surface area contributed by atoms with Crippen LogP contribution in [0.4, 0.5) is 0 Å². The molecule has 0 unspecified atom stereocenters. The topological polar surface area (TPSA) is 82.2 Å². The summed E-state index contributed by atoms with van der Waals surface area (Å²) in [5.74, 6) is -0.337. The molecule has 0 radical (unpaired) electrons. The first-order chi connectivity index (χ1) is 9.93. The molecule has 0 fully saturated rings. The van der Waals surface area contributed by atoms with E-state index in [0.29, 0.717) is 13.0 Å². The highest BCUT2D eigenvalue weighted by molar-refractivity contribution is 5.94. The van der Waals surface area contributed by atoms with Crippen molar-refractivity contribution in [1.82, 2.24) is 10.3 Å². The third-order valence-electron chi connectivity index (χ3n) is 4.10. The van der Waals surface area contributed by atoms with Crippen molar-refractivity contribution in [3.8, 4) is 0 Å². The molecule has 2 rings (SSSR count). The smallest absolute Gasteiger partial charge is 0.261 e. The normalized spacial score (nSPS) is 14.6. The van der Waals surface area contributed by atoms with E-state index in [-0.39, 0.29) is 29.1 Å². The number of rotatable bonds is 5. The minimum Gasteiger partial charge on any atom is -0.396 e. The Morgan fingerprint density at radius 2 is 2.10 bits per heavy atom. The fourth-order valence-electron chi connectivity index (χ4n) is 2.65. The summed E-state index contributed by atoms with van der Waals surface area (Å²) in [4.78, 5) is 27.1. The SMILES string of the molecule is CC(C)(CCO)CNC(=O)c1cc2c([nH]c1=O)CCCC2. The van der Waals surface area contributed by atoms with Gasteiger partial charge in [-0.15, -0.1) is 0 Å². The number of aromatic nitrogens is 1. The quantitative estimate of drug-likeness (QED) is 0.767. The van der Waals surface area contributed by atoms with Crippen LogP contribution in [0.15, 0.2) is 10.9 Å². The highest BCUT2D eigenvalue weighted by Gasteiger charge is 2.21. The van der Waals surface area contributed by atoms with Crippen molar-refractivity contribution in [1.29, 1.82) is 0 Å². The monoisotopic (exact) mass is 292 g/mol. The lowest BCUT2D eigenvalue weighted by atomic mass is 9.89. The number of amides is 1. The largest absolute Gasteiger partial charge is 0.396 e. The van der Waals surface area contributed by atoms with Gasteiger partial charge in [-0.05, 0) is 49.1 Å². The maximum atomic E-state index is 12.2. The Balaban J connectivity index is 2.11. The Bertz CT molecular complexity index is 575. The minimum atomic E-state index is -0.337. The van der Waals surface area contributed by atoms with Gasteiger partial charge < -0.3 is 15.4 Å². The molecule has 0 saturated carbocycles. The first-order valence-corrected chi connectivity index (χ1v) is 7.57. The highest BCUT2D eigenvalue weighted by atomic mass is 16.3. The number of nitrogens with one attached hydrogen (secondary N) is 2. The Kier molecular flexibility index (Phi) is 4.83. The number of carbonyl (C=O) groups excluding carboxylic acids is 1. The third-order valence-corrected chi connectivity index (χ3v) is 4.10. The van der Waals surface area contributed by atoms with Crippen molar-refractivity contribution in [2.75, 3.05) is 13.2 Å². The summed E-state index contributed by atoms with van der Waals surface area (Å²) >= 11 is 0. The average molecular weight is 292 g/mol. The third kappa shape index (κ3) is 3.94. The number of aromatic amines is 1. The van der Waals surface area contributed by atoms with E-state index in [1.807, 2.05) is 13.8 Å². The lowest BCUT2D eigenvalue weighted by Crippen LogP contribution is -2.37. The van der Waals surface area contributed by atoms with Crippen LogP contribution in [-0.2, 0) is 12.8 Å². The number of aliphatic hydroxyl groups excluding tert-OH is 1. The summed E-state index contributed by atoms with van der Waals surface area (Å²) in [5.41, 5.74) is 1.75. The molecule has 0 spiro atoms. The zero-order valence-electron chi connectivity index (χ0n) is 12.8. The zero-order chi connectivity index (χ0) is 15.5.